The molecule has 0 saturated heterocycles. The number of hydrogen-bond donors (Lipinski definition) is 0. The van der Waals surface area contributed by atoms with Crippen LogP contribution in [-0.2, 0) is 0 Å². The van der Waals surface area contributed by atoms with Crippen molar-refractivity contribution in [2.24, 2.45) is 23.7 Å². The first-order valence-corrected chi connectivity index (χ1v) is 6.35. The summed E-state index contributed by atoms with van der Waals surface area (Å²) in [6, 6.07) is 0. The Labute approximate surface area is 88.8 Å². The third-order valence-corrected chi connectivity index (χ3v) is 3.61. The topological polar surface area (TPSA) is 0 Å². The standard InChI is InChI=1S/C14H24/c1-9(2)13(10(3)4)14(11-5-6-11)12-7-8-12/h9-12H,5-8H2,1-4H3. The second kappa shape index (κ2) is 3.72. The van der Waals surface area contributed by atoms with Crippen molar-refractivity contribution in [2.75, 3.05) is 0 Å². The molecule has 0 aromatic heterocycles. The Kier molecular flexibility index (Phi) is 2.72. The van der Waals surface area contributed by atoms with Crippen LogP contribution in [0.4, 0.5) is 0 Å². The summed E-state index contributed by atoms with van der Waals surface area (Å²) in [5.74, 6) is 3.54. The molecule has 2 rings (SSSR count). The van der Waals surface area contributed by atoms with Crippen LogP contribution in [0.2, 0.25) is 0 Å². The smallest absolute Gasteiger partial charge is 0.0197 e. The minimum atomic E-state index is 0.770. The van der Waals surface area contributed by atoms with Crippen LogP contribution in [0, 0.1) is 23.7 Å². The van der Waals surface area contributed by atoms with Gasteiger partial charge in [-0.1, -0.05) is 38.8 Å². The normalized spacial score (nSPS) is 21.9. The van der Waals surface area contributed by atoms with Crippen molar-refractivity contribution in [1.29, 1.82) is 0 Å². The molecule has 0 spiro atoms. The van der Waals surface area contributed by atoms with E-state index < -0.39 is 0 Å². The zero-order valence-electron chi connectivity index (χ0n) is 10.1. The van der Waals surface area contributed by atoms with Gasteiger partial charge in [-0.05, 0) is 49.4 Å². The van der Waals surface area contributed by atoms with Gasteiger partial charge in [0.1, 0.15) is 0 Å². The molecule has 0 radical (unpaired) electrons. The van der Waals surface area contributed by atoms with E-state index in [4.69, 9.17) is 0 Å². The highest BCUT2D eigenvalue weighted by molar-refractivity contribution is 5.29. The van der Waals surface area contributed by atoms with E-state index in [9.17, 15) is 0 Å². The van der Waals surface area contributed by atoms with Crippen molar-refractivity contribution in [1.82, 2.24) is 0 Å². The molecule has 2 fully saturated rings. The highest BCUT2D eigenvalue weighted by Crippen LogP contribution is 2.52. The summed E-state index contributed by atoms with van der Waals surface area (Å²) >= 11 is 0. The summed E-state index contributed by atoms with van der Waals surface area (Å²) in [4.78, 5) is 0. The molecule has 0 aromatic carbocycles. The van der Waals surface area contributed by atoms with Gasteiger partial charge >= 0.3 is 0 Å². The van der Waals surface area contributed by atoms with Crippen LogP contribution in [0.1, 0.15) is 53.4 Å². The zero-order valence-corrected chi connectivity index (χ0v) is 10.1. The first-order valence-electron chi connectivity index (χ1n) is 6.35. The average molecular weight is 192 g/mol. The lowest BCUT2D eigenvalue weighted by atomic mass is 9.84. The van der Waals surface area contributed by atoms with Crippen molar-refractivity contribution in [3.8, 4) is 0 Å². The van der Waals surface area contributed by atoms with Gasteiger partial charge in [0.25, 0.3) is 0 Å². The molecule has 0 heteroatoms. The van der Waals surface area contributed by atoms with Crippen LogP contribution >= 0.6 is 0 Å². The van der Waals surface area contributed by atoms with Gasteiger partial charge in [-0.2, -0.15) is 0 Å². The van der Waals surface area contributed by atoms with Crippen molar-refractivity contribution in [3.05, 3.63) is 11.1 Å². The molecule has 2 aliphatic carbocycles. The molecule has 0 heterocycles. The number of rotatable bonds is 4. The Bertz CT molecular complexity index is 203. The Balaban J connectivity index is 2.27. The van der Waals surface area contributed by atoms with Crippen molar-refractivity contribution < 1.29 is 0 Å². The van der Waals surface area contributed by atoms with Gasteiger partial charge < -0.3 is 0 Å². The van der Waals surface area contributed by atoms with Crippen LogP contribution in [-0.4, -0.2) is 0 Å². The monoisotopic (exact) mass is 192 g/mol. The second-order valence-corrected chi connectivity index (χ2v) is 5.77. The quantitative estimate of drug-likeness (QED) is 0.579. The molecule has 0 nitrogen and oxygen atoms in total. The Morgan fingerprint density at radius 3 is 1.36 bits per heavy atom. The SMILES string of the molecule is CC(C)C(=C(C1CC1)C1CC1)C(C)C. The van der Waals surface area contributed by atoms with E-state index in [1.165, 1.54) is 25.7 Å². The molecule has 0 bridgehead atoms. The van der Waals surface area contributed by atoms with Crippen molar-refractivity contribution in [2.45, 2.75) is 53.4 Å². The van der Waals surface area contributed by atoms with Crippen LogP contribution in [0.5, 0.6) is 0 Å². The van der Waals surface area contributed by atoms with Crippen LogP contribution in [0.3, 0.4) is 0 Å². The summed E-state index contributed by atoms with van der Waals surface area (Å²) < 4.78 is 0. The second-order valence-electron chi connectivity index (χ2n) is 5.77. The van der Waals surface area contributed by atoms with E-state index in [1.807, 2.05) is 5.57 Å². The van der Waals surface area contributed by atoms with Gasteiger partial charge in [0, 0.05) is 0 Å². The maximum Gasteiger partial charge on any atom is -0.0197 e. The van der Waals surface area contributed by atoms with Gasteiger partial charge in [0.15, 0.2) is 0 Å². The molecule has 0 aromatic rings. The third-order valence-electron chi connectivity index (χ3n) is 3.61. The summed E-state index contributed by atoms with van der Waals surface area (Å²) in [6.45, 7) is 9.50. The molecular formula is C14H24. The lowest BCUT2D eigenvalue weighted by Gasteiger charge is -2.22. The van der Waals surface area contributed by atoms with Gasteiger partial charge in [-0.25, -0.2) is 0 Å². The Morgan fingerprint density at radius 2 is 1.14 bits per heavy atom. The van der Waals surface area contributed by atoms with E-state index in [0.717, 1.165) is 23.7 Å². The Hall–Kier alpha value is -0.260. The van der Waals surface area contributed by atoms with E-state index in [-0.39, 0.29) is 0 Å². The lowest BCUT2D eigenvalue weighted by molar-refractivity contribution is 0.591. The zero-order chi connectivity index (χ0) is 10.3. The molecule has 2 saturated carbocycles. The Morgan fingerprint density at radius 1 is 0.786 bits per heavy atom. The fraction of sp³-hybridized carbons (Fsp3) is 0.857. The molecule has 0 unspecified atom stereocenters. The van der Waals surface area contributed by atoms with Gasteiger partial charge in [-0.15, -0.1) is 0 Å². The molecule has 14 heavy (non-hydrogen) atoms. The summed E-state index contributed by atoms with van der Waals surface area (Å²) in [5, 5.41) is 0. The van der Waals surface area contributed by atoms with Gasteiger partial charge in [0.05, 0.1) is 0 Å². The number of hydrogen-bond acceptors (Lipinski definition) is 0. The van der Waals surface area contributed by atoms with E-state index >= 15 is 0 Å². The van der Waals surface area contributed by atoms with Crippen molar-refractivity contribution >= 4 is 0 Å². The summed E-state index contributed by atoms with van der Waals surface area (Å²) in [7, 11) is 0. The van der Waals surface area contributed by atoms with Crippen LogP contribution in [0.25, 0.3) is 0 Å². The molecule has 2 aliphatic rings. The highest BCUT2D eigenvalue weighted by Gasteiger charge is 2.38. The van der Waals surface area contributed by atoms with Gasteiger partial charge in [-0.3, -0.25) is 0 Å². The molecule has 0 N–H and O–H groups in total. The summed E-state index contributed by atoms with van der Waals surface area (Å²) in [5.41, 5.74) is 3.70. The predicted octanol–water partition coefficient (Wildman–Crippen LogP) is 4.42. The van der Waals surface area contributed by atoms with Crippen LogP contribution < -0.4 is 0 Å². The third kappa shape index (κ3) is 2.04. The van der Waals surface area contributed by atoms with Crippen molar-refractivity contribution in [3.63, 3.8) is 0 Å². The highest BCUT2D eigenvalue weighted by atomic mass is 14.4. The largest absolute Gasteiger partial charge is 0.0653 e. The fourth-order valence-corrected chi connectivity index (χ4v) is 2.93. The maximum absolute atomic E-state index is 2.38. The number of allylic oxidation sites excluding steroid dienone is 2. The van der Waals surface area contributed by atoms with E-state index in [1.54, 1.807) is 5.57 Å². The fourth-order valence-electron chi connectivity index (χ4n) is 2.93. The molecule has 80 valence electrons. The lowest BCUT2D eigenvalue weighted by Crippen LogP contribution is -2.09. The van der Waals surface area contributed by atoms with E-state index in [2.05, 4.69) is 27.7 Å². The molecule has 0 amide bonds. The maximum atomic E-state index is 2.38. The molecule has 0 atom stereocenters. The van der Waals surface area contributed by atoms with E-state index in [0.29, 0.717) is 0 Å². The first-order chi connectivity index (χ1) is 6.61. The molecular weight excluding hydrogens is 168 g/mol. The predicted molar refractivity (Wildman–Crippen MR) is 62.2 cm³/mol. The molecule has 0 aliphatic heterocycles. The van der Waals surface area contributed by atoms with Gasteiger partial charge in [0.2, 0.25) is 0 Å². The first kappa shape index (κ1) is 10.3. The minimum Gasteiger partial charge on any atom is -0.0653 e. The van der Waals surface area contributed by atoms with Crippen LogP contribution in [0.15, 0.2) is 11.1 Å². The average Bonchev–Trinajstić information content (AvgIpc) is 2.93. The minimum absolute atomic E-state index is 0.770. The summed E-state index contributed by atoms with van der Waals surface area (Å²) in [6.07, 6.45) is 5.92.